The van der Waals surface area contributed by atoms with Crippen molar-refractivity contribution in [3.63, 3.8) is 0 Å². The summed E-state index contributed by atoms with van der Waals surface area (Å²) in [5.41, 5.74) is 0. The van der Waals surface area contributed by atoms with Crippen molar-refractivity contribution in [1.29, 1.82) is 0 Å². The molecule has 72 valence electrons. The Balaban J connectivity index is 3.36. The molecule has 0 atom stereocenters. The first kappa shape index (κ1) is 10.8. The van der Waals surface area contributed by atoms with E-state index in [1.807, 2.05) is 6.26 Å². The van der Waals surface area contributed by atoms with Gasteiger partial charge in [0.25, 0.3) is 0 Å². The molecule has 13 heavy (non-hydrogen) atoms. The van der Waals surface area contributed by atoms with Crippen LogP contribution in [0.15, 0.2) is 28.0 Å². The summed E-state index contributed by atoms with van der Waals surface area (Å²) in [6, 6.07) is 4.72. The first-order valence-corrected chi connectivity index (χ1v) is 6.46. The third-order valence-electron chi connectivity index (χ3n) is 1.44. The van der Waals surface area contributed by atoms with Gasteiger partial charge in [0.2, 0.25) is 10.0 Å². The van der Waals surface area contributed by atoms with E-state index in [9.17, 15) is 8.42 Å². The van der Waals surface area contributed by atoms with E-state index in [2.05, 4.69) is 0 Å². The molecular weight excluding hydrogens is 230 g/mol. The van der Waals surface area contributed by atoms with Gasteiger partial charge < -0.3 is 0 Å². The fraction of sp³-hybridized carbons (Fsp3) is 0.143. The fourth-order valence-electron chi connectivity index (χ4n) is 0.829. The zero-order valence-corrected chi connectivity index (χ0v) is 9.21. The van der Waals surface area contributed by atoms with Gasteiger partial charge >= 0.3 is 0 Å². The highest BCUT2D eigenvalue weighted by Gasteiger charge is 2.12. The molecule has 0 unspecified atom stereocenters. The molecule has 0 saturated carbocycles. The first-order chi connectivity index (χ1) is 5.95. The van der Waals surface area contributed by atoms with Crippen LogP contribution in [0.2, 0.25) is 5.02 Å². The van der Waals surface area contributed by atoms with E-state index in [0.717, 1.165) is 4.90 Å². The topological polar surface area (TPSA) is 60.2 Å². The summed E-state index contributed by atoms with van der Waals surface area (Å²) in [5.74, 6) is 0. The van der Waals surface area contributed by atoms with Gasteiger partial charge in [0.15, 0.2) is 0 Å². The first-order valence-electron chi connectivity index (χ1n) is 3.31. The van der Waals surface area contributed by atoms with Gasteiger partial charge in [-0.1, -0.05) is 11.6 Å². The molecule has 1 aromatic carbocycles. The largest absolute Gasteiger partial charge is 0.239 e. The molecule has 0 aliphatic heterocycles. The minimum Gasteiger partial charge on any atom is -0.225 e. The second kappa shape index (κ2) is 3.88. The predicted octanol–water partition coefficient (Wildman–Crippen LogP) is 1.71. The standard InChI is InChI=1S/C7H8ClNO2S2/c1-12-5-2-3-6(8)7(4-5)13(9,10)11/h2-4H,1H3,(H2,9,10,11). The van der Waals surface area contributed by atoms with Crippen molar-refractivity contribution in [3.8, 4) is 0 Å². The summed E-state index contributed by atoms with van der Waals surface area (Å²) < 4.78 is 22.0. The summed E-state index contributed by atoms with van der Waals surface area (Å²) in [7, 11) is -3.71. The number of nitrogens with two attached hydrogens (primary N) is 1. The van der Waals surface area contributed by atoms with Crippen LogP contribution in [0.1, 0.15) is 0 Å². The van der Waals surface area contributed by atoms with Gasteiger partial charge in [0.05, 0.1) is 5.02 Å². The molecule has 0 amide bonds. The minimum absolute atomic E-state index is 0.0268. The van der Waals surface area contributed by atoms with Gasteiger partial charge in [-0.15, -0.1) is 11.8 Å². The Bertz CT molecular complexity index is 417. The molecule has 1 aromatic rings. The monoisotopic (exact) mass is 237 g/mol. The van der Waals surface area contributed by atoms with Crippen LogP contribution in [0.5, 0.6) is 0 Å². The summed E-state index contributed by atoms with van der Waals surface area (Å²) in [5, 5.41) is 5.11. The number of primary sulfonamides is 1. The van der Waals surface area contributed by atoms with Crippen LogP contribution in [0, 0.1) is 0 Å². The number of hydrogen-bond acceptors (Lipinski definition) is 3. The zero-order valence-electron chi connectivity index (χ0n) is 6.82. The molecule has 0 aromatic heterocycles. The molecule has 0 radical (unpaired) electrons. The maximum absolute atomic E-state index is 11.0. The summed E-state index contributed by atoms with van der Waals surface area (Å²) >= 11 is 7.10. The molecule has 2 N–H and O–H groups in total. The number of benzene rings is 1. The molecule has 3 nitrogen and oxygen atoms in total. The lowest BCUT2D eigenvalue weighted by molar-refractivity contribution is 0.597. The maximum Gasteiger partial charge on any atom is 0.239 e. The van der Waals surface area contributed by atoms with E-state index >= 15 is 0 Å². The van der Waals surface area contributed by atoms with Crippen LogP contribution in [0.4, 0.5) is 0 Å². The second-order valence-corrected chi connectivity index (χ2v) is 5.16. The Kier molecular flexibility index (Phi) is 3.23. The molecule has 0 heterocycles. The fourth-order valence-corrected chi connectivity index (χ4v) is 2.41. The van der Waals surface area contributed by atoms with E-state index in [1.54, 1.807) is 6.07 Å². The van der Waals surface area contributed by atoms with Crippen LogP contribution in [0.25, 0.3) is 0 Å². The van der Waals surface area contributed by atoms with Crippen LogP contribution >= 0.6 is 23.4 Å². The Labute approximate surface area is 86.3 Å². The SMILES string of the molecule is CSc1ccc(Cl)c(S(N)(=O)=O)c1. The quantitative estimate of drug-likeness (QED) is 0.797. The molecule has 0 aliphatic rings. The Hall–Kier alpha value is -0.230. The summed E-state index contributed by atoms with van der Waals surface area (Å²) in [4.78, 5) is 0.787. The lowest BCUT2D eigenvalue weighted by atomic mass is 10.4. The lowest BCUT2D eigenvalue weighted by Crippen LogP contribution is -2.12. The average Bonchev–Trinajstić information content (AvgIpc) is 2.03. The molecular formula is C7H8ClNO2S2. The lowest BCUT2D eigenvalue weighted by Gasteiger charge is -2.03. The zero-order chi connectivity index (χ0) is 10.1. The van der Waals surface area contributed by atoms with E-state index in [1.165, 1.54) is 23.9 Å². The van der Waals surface area contributed by atoms with Gasteiger partial charge in [0.1, 0.15) is 4.90 Å². The number of hydrogen-bond donors (Lipinski definition) is 1. The minimum atomic E-state index is -3.71. The molecule has 1 rings (SSSR count). The van der Waals surface area contributed by atoms with Crippen molar-refractivity contribution in [2.75, 3.05) is 6.26 Å². The van der Waals surface area contributed by atoms with Gasteiger partial charge in [-0.3, -0.25) is 0 Å². The normalized spacial score (nSPS) is 11.6. The highest BCUT2D eigenvalue weighted by Crippen LogP contribution is 2.25. The van der Waals surface area contributed by atoms with Crippen molar-refractivity contribution < 1.29 is 8.42 Å². The van der Waals surface area contributed by atoms with E-state index in [-0.39, 0.29) is 9.92 Å². The van der Waals surface area contributed by atoms with Gasteiger partial charge in [-0.05, 0) is 24.5 Å². The second-order valence-electron chi connectivity index (χ2n) is 2.34. The molecule has 6 heteroatoms. The van der Waals surface area contributed by atoms with Gasteiger partial charge in [-0.25, -0.2) is 13.6 Å². The summed E-state index contributed by atoms with van der Waals surface area (Å²) in [6.07, 6.45) is 1.84. The molecule has 0 spiro atoms. The number of halogens is 1. The molecule has 0 aliphatic carbocycles. The maximum atomic E-state index is 11.0. The number of rotatable bonds is 2. The van der Waals surface area contributed by atoms with Crippen molar-refractivity contribution in [3.05, 3.63) is 23.2 Å². The smallest absolute Gasteiger partial charge is 0.225 e. The third kappa shape index (κ3) is 2.60. The molecule has 0 fully saturated rings. The third-order valence-corrected chi connectivity index (χ3v) is 3.56. The number of sulfonamides is 1. The van der Waals surface area contributed by atoms with Crippen molar-refractivity contribution >= 4 is 33.4 Å². The highest BCUT2D eigenvalue weighted by atomic mass is 35.5. The Morgan fingerprint density at radius 3 is 2.54 bits per heavy atom. The average molecular weight is 238 g/mol. The van der Waals surface area contributed by atoms with E-state index in [0.29, 0.717) is 0 Å². The van der Waals surface area contributed by atoms with Gasteiger partial charge in [-0.2, -0.15) is 0 Å². The highest BCUT2D eigenvalue weighted by molar-refractivity contribution is 7.98. The van der Waals surface area contributed by atoms with Gasteiger partial charge in [0, 0.05) is 4.90 Å². The number of thioether (sulfide) groups is 1. The van der Waals surface area contributed by atoms with Crippen molar-refractivity contribution in [2.45, 2.75) is 9.79 Å². The summed E-state index contributed by atoms with van der Waals surface area (Å²) in [6.45, 7) is 0. The Morgan fingerprint density at radius 1 is 1.46 bits per heavy atom. The van der Waals surface area contributed by atoms with E-state index < -0.39 is 10.0 Å². The van der Waals surface area contributed by atoms with Crippen LogP contribution in [-0.2, 0) is 10.0 Å². The Morgan fingerprint density at radius 2 is 2.08 bits per heavy atom. The van der Waals surface area contributed by atoms with Crippen LogP contribution in [0.3, 0.4) is 0 Å². The van der Waals surface area contributed by atoms with Crippen LogP contribution in [-0.4, -0.2) is 14.7 Å². The van der Waals surface area contributed by atoms with Crippen LogP contribution < -0.4 is 5.14 Å². The predicted molar refractivity (Wildman–Crippen MR) is 54.6 cm³/mol. The van der Waals surface area contributed by atoms with E-state index in [4.69, 9.17) is 16.7 Å². The van der Waals surface area contributed by atoms with Crippen molar-refractivity contribution in [1.82, 2.24) is 0 Å². The molecule has 0 saturated heterocycles. The molecule has 0 bridgehead atoms. The van der Waals surface area contributed by atoms with Crippen molar-refractivity contribution in [2.24, 2.45) is 5.14 Å².